The number of hydrogen-bond donors (Lipinski definition) is 1. The van der Waals surface area contributed by atoms with E-state index in [0.29, 0.717) is 17.4 Å². The van der Waals surface area contributed by atoms with Gasteiger partial charge in [0.1, 0.15) is 0 Å². The van der Waals surface area contributed by atoms with Crippen LogP contribution in [-0.4, -0.2) is 19.6 Å². The maximum Gasteiger partial charge on any atom is 0.279 e. The van der Waals surface area contributed by atoms with E-state index in [-0.39, 0.29) is 11.5 Å². The fraction of sp³-hybridized carbons (Fsp3) is 0.308. The Labute approximate surface area is 109 Å². The molecule has 3 aromatic rings. The molecule has 0 atom stereocenters. The van der Waals surface area contributed by atoms with E-state index in [1.165, 1.54) is 4.52 Å². The lowest BCUT2D eigenvalue weighted by Crippen LogP contribution is -2.22. The van der Waals surface area contributed by atoms with Crippen molar-refractivity contribution in [2.24, 2.45) is 0 Å². The summed E-state index contributed by atoms with van der Waals surface area (Å²) in [6.45, 7) is 5.83. The highest BCUT2D eigenvalue weighted by Crippen LogP contribution is 2.17. The van der Waals surface area contributed by atoms with Gasteiger partial charge in [0, 0.05) is 11.3 Å². The molecule has 6 nitrogen and oxygen atoms in total. The van der Waals surface area contributed by atoms with Crippen LogP contribution in [0.5, 0.6) is 0 Å². The summed E-state index contributed by atoms with van der Waals surface area (Å²) in [6, 6.07) is 3.52. The van der Waals surface area contributed by atoms with Crippen LogP contribution in [0.4, 0.5) is 0 Å². The third kappa shape index (κ3) is 1.76. The fourth-order valence-corrected chi connectivity index (χ4v) is 2.23. The summed E-state index contributed by atoms with van der Waals surface area (Å²) in [4.78, 5) is 19.8. The van der Waals surface area contributed by atoms with Crippen LogP contribution in [0.2, 0.25) is 0 Å². The van der Waals surface area contributed by atoms with Crippen LogP contribution in [-0.2, 0) is 0 Å². The highest BCUT2D eigenvalue weighted by molar-refractivity contribution is 5.50. The molecule has 1 N–H and O–H groups in total. The molecule has 98 valence electrons. The number of nitrogens with zero attached hydrogens (tertiary/aromatic N) is 3. The number of aryl methyl sites for hydroxylation is 1. The van der Waals surface area contributed by atoms with Crippen molar-refractivity contribution >= 4 is 5.78 Å². The van der Waals surface area contributed by atoms with E-state index in [9.17, 15) is 4.79 Å². The third-order valence-corrected chi connectivity index (χ3v) is 3.05. The normalized spacial score (nSPS) is 11.6. The lowest BCUT2D eigenvalue weighted by molar-refractivity contribution is 0.577. The van der Waals surface area contributed by atoms with Gasteiger partial charge in [0.05, 0.1) is 6.26 Å². The predicted octanol–water partition coefficient (Wildman–Crippen LogP) is 2.11. The number of furan rings is 1. The average Bonchev–Trinajstić information content (AvgIpc) is 2.94. The topological polar surface area (TPSA) is 76.2 Å². The SMILES string of the molecule is Cc1[nH]c2nc(-c3ccco3)nn2c(=O)c1C(C)C. The van der Waals surface area contributed by atoms with Crippen molar-refractivity contribution < 1.29 is 4.42 Å². The minimum atomic E-state index is -0.133. The number of rotatable bonds is 2. The molecule has 19 heavy (non-hydrogen) atoms. The number of aromatic amines is 1. The van der Waals surface area contributed by atoms with Gasteiger partial charge in [-0.25, -0.2) is 0 Å². The van der Waals surface area contributed by atoms with E-state index >= 15 is 0 Å². The lowest BCUT2D eigenvalue weighted by Gasteiger charge is -2.07. The van der Waals surface area contributed by atoms with Crippen molar-refractivity contribution in [3.63, 3.8) is 0 Å². The van der Waals surface area contributed by atoms with E-state index < -0.39 is 0 Å². The molecule has 0 aromatic carbocycles. The second-order valence-corrected chi connectivity index (χ2v) is 4.77. The zero-order valence-electron chi connectivity index (χ0n) is 11.0. The summed E-state index contributed by atoms with van der Waals surface area (Å²) >= 11 is 0. The molecule has 6 heteroatoms. The van der Waals surface area contributed by atoms with Crippen molar-refractivity contribution in [2.75, 3.05) is 0 Å². The molecule has 0 saturated heterocycles. The number of aromatic nitrogens is 4. The largest absolute Gasteiger partial charge is 0.461 e. The molecule has 0 aliphatic heterocycles. The van der Waals surface area contributed by atoms with Crippen molar-refractivity contribution in [2.45, 2.75) is 26.7 Å². The first kappa shape index (κ1) is 11.7. The summed E-state index contributed by atoms with van der Waals surface area (Å²) in [5, 5.41) is 4.21. The van der Waals surface area contributed by atoms with E-state index in [1.54, 1.807) is 18.4 Å². The predicted molar refractivity (Wildman–Crippen MR) is 70.1 cm³/mol. The first-order chi connectivity index (χ1) is 9.08. The zero-order valence-corrected chi connectivity index (χ0v) is 11.0. The van der Waals surface area contributed by atoms with E-state index in [1.807, 2.05) is 20.8 Å². The van der Waals surface area contributed by atoms with Gasteiger partial charge in [0.2, 0.25) is 11.6 Å². The van der Waals surface area contributed by atoms with Crippen molar-refractivity contribution in [3.8, 4) is 11.6 Å². The molecule has 0 radical (unpaired) electrons. The van der Waals surface area contributed by atoms with E-state index in [4.69, 9.17) is 4.42 Å². The number of H-pyrrole nitrogens is 1. The van der Waals surface area contributed by atoms with Crippen LogP contribution in [0, 0.1) is 6.92 Å². The van der Waals surface area contributed by atoms with Crippen LogP contribution in [0.15, 0.2) is 27.6 Å². The quantitative estimate of drug-likeness (QED) is 0.763. The molecule has 3 heterocycles. The van der Waals surface area contributed by atoms with Gasteiger partial charge >= 0.3 is 0 Å². The number of fused-ring (bicyclic) bond motifs is 1. The van der Waals surface area contributed by atoms with Crippen molar-refractivity contribution in [1.82, 2.24) is 19.6 Å². The second-order valence-electron chi connectivity index (χ2n) is 4.77. The number of nitrogens with one attached hydrogen (secondary N) is 1. The summed E-state index contributed by atoms with van der Waals surface area (Å²) in [6.07, 6.45) is 1.55. The van der Waals surface area contributed by atoms with Crippen LogP contribution in [0.25, 0.3) is 17.4 Å². The molecule has 3 aromatic heterocycles. The highest BCUT2D eigenvalue weighted by atomic mass is 16.3. The summed E-state index contributed by atoms with van der Waals surface area (Å²) in [7, 11) is 0. The Morgan fingerprint density at radius 1 is 1.42 bits per heavy atom. The maximum atomic E-state index is 12.4. The molecule has 0 amide bonds. The molecule has 0 unspecified atom stereocenters. The van der Waals surface area contributed by atoms with Crippen LogP contribution in [0.3, 0.4) is 0 Å². The summed E-state index contributed by atoms with van der Waals surface area (Å²) < 4.78 is 6.53. The Bertz CT molecular complexity index is 781. The Kier molecular flexibility index (Phi) is 2.51. The maximum absolute atomic E-state index is 12.4. The monoisotopic (exact) mass is 258 g/mol. The van der Waals surface area contributed by atoms with Gasteiger partial charge in [-0.2, -0.15) is 9.50 Å². The summed E-state index contributed by atoms with van der Waals surface area (Å²) in [5.74, 6) is 1.50. The summed E-state index contributed by atoms with van der Waals surface area (Å²) in [5.41, 5.74) is 1.42. The highest BCUT2D eigenvalue weighted by Gasteiger charge is 2.16. The molecule has 3 rings (SSSR count). The Hall–Kier alpha value is -2.37. The Morgan fingerprint density at radius 2 is 2.21 bits per heavy atom. The minimum Gasteiger partial charge on any atom is -0.461 e. The fourth-order valence-electron chi connectivity index (χ4n) is 2.23. The zero-order chi connectivity index (χ0) is 13.6. The molecule has 0 fully saturated rings. The molecule has 0 aliphatic rings. The smallest absolute Gasteiger partial charge is 0.279 e. The molecule has 0 spiro atoms. The van der Waals surface area contributed by atoms with Crippen molar-refractivity contribution in [1.29, 1.82) is 0 Å². The van der Waals surface area contributed by atoms with Gasteiger partial charge in [-0.05, 0) is 25.0 Å². The molecular formula is C13H14N4O2. The number of hydrogen-bond acceptors (Lipinski definition) is 4. The van der Waals surface area contributed by atoms with Crippen LogP contribution < -0.4 is 5.56 Å². The van der Waals surface area contributed by atoms with Gasteiger partial charge in [0.25, 0.3) is 5.56 Å². The van der Waals surface area contributed by atoms with Gasteiger partial charge in [-0.15, -0.1) is 5.10 Å². The van der Waals surface area contributed by atoms with Crippen LogP contribution in [0.1, 0.15) is 31.0 Å². The van der Waals surface area contributed by atoms with E-state index in [2.05, 4.69) is 15.1 Å². The average molecular weight is 258 g/mol. The Balaban J connectivity index is 2.30. The van der Waals surface area contributed by atoms with Gasteiger partial charge in [0.15, 0.2) is 5.76 Å². The van der Waals surface area contributed by atoms with Crippen molar-refractivity contribution in [3.05, 3.63) is 40.0 Å². The lowest BCUT2D eigenvalue weighted by atomic mass is 10.0. The molecule has 0 saturated carbocycles. The first-order valence-corrected chi connectivity index (χ1v) is 6.11. The van der Waals surface area contributed by atoms with Gasteiger partial charge < -0.3 is 9.40 Å². The first-order valence-electron chi connectivity index (χ1n) is 6.11. The minimum absolute atomic E-state index is 0.129. The molecular weight excluding hydrogens is 244 g/mol. The third-order valence-electron chi connectivity index (χ3n) is 3.05. The standard InChI is InChI=1S/C13H14N4O2/c1-7(2)10-8(3)14-13-15-11(9-5-4-6-19-9)16-17(13)12(10)18/h4-7H,1-3H3,(H,14,15,16). The van der Waals surface area contributed by atoms with E-state index in [0.717, 1.165) is 11.3 Å². The van der Waals surface area contributed by atoms with Gasteiger partial charge in [-0.1, -0.05) is 13.8 Å². The van der Waals surface area contributed by atoms with Crippen LogP contribution >= 0.6 is 0 Å². The van der Waals surface area contributed by atoms with Gasteiger partial charge in [-0.3, -0.25) is 4.79 Å². The second kappa shape index (κ2) is 4.08. The molecule has 0 bridgehead atoms. The Morgan fingerprint density at radius 3 is 2.84 bits per heavy atom. The molecule has 0 aliphatic carbocycles.